The van der Waals surface area contributed by atoms with E-state index in [1.54, 1.807) is 0 Å². The standard InChI is InChI=1S/C14H20N2/c1-16-10-11-7-8-14(16)13(9-11)15-12-5-3-2-4-6-12/h2-6,11,13-15H,7-10H2,1H3/t11-,13-,14-/m1/s1. The average Bonchev–Trinajstić information content (AvgIpc) is 2.30. The molecule has 1 aliphatic carbocycles. The zero-order valence-corrected chi connectivity index (χ0v) is 9.89. The number of hydrogen-bond acceptors (Lipinski definition) is 2. The van der Waals surface area contributed by atoms with Crippen molar-refractivity contribution in [2.75, 3.05) is 18.9 Å². The van der Waals surface area contributed by atoms with Crippen molar-refractivity contribution < 1.29 is 0 Å². The van der Waals surface area contributed by atoms with Crippen LogP contribution in [0.1, 0.15) is 19.3 Å². The predicted molar refractivity (Wildman–Crippen MR) is 67.6 cm³/mol. The van der Waals surface area contributed by atoms with Crippen LogP contribution in [-0.4, -0.2) is 30.6 Å². The second-order valence-corrected chi connectivity index (χ2v) is 5.30. The molecule has 86 valence electrons. The molecule has 1 aromatic carbocycles. The normalized spacial score (nSPS) is 33.9. The van der Waals surface area contributed by atoms with Gasteiger partial charge in [0.1, 0.15) is 0 Å². The zero-order valence-electron chi connectivity index (χ0n) is 9.89. The van der Waals surface area contributed by atoms with Crippen LogP contribution >= 0.6 is 0 Å². The van der Waals surface area contributed by atoms with E-state index in [9.17, 15) is 0 Å². The Labute approximate surface area is 97.6 Å². The van der Waals surface area contributed by atoms with E-state index in [0.29, 0.717) is 6.04 Å². The smallest absolute Gasteiger partial charge is 0.0419 e. The summed E-state index contributed by atoms with van der Waals surface area (Å²) in [4.78, 5) is 2.54. The Bertz CT molecular complexity index is 349. The number of nitrogens with zero attached hydrogens (tertiary/aromatic N) is 1. The van der Waals surface area contributed by atoms with Crippen LogP contribution in [0.3, 0.4) is 0 Å². The molecule has 2 nitrogen and oxygen atoms in total. The number of anilines is 1. The molecule has 0 aromatic heterocycles. The molecule has 1 aromatic rings. The Morgan fingerprint density at radius 3 is 2.69 bits per heavy atom. The molecule has 4 rings (SSSR count). The molecule has 2 saturated heterocycles. The van der Waals surface area contributed by atoms with Crippen LogP contribution < -0.4 is 5.32 Å². The highest BCUT2D eigenvalue weighted by Crippen LogP contribution is 2.35. The second-order valence-electron chi connectivity index (χ2n) is 5.30. The first kappa shape index (κ1) is 10.2. The van der Waals surface area contributed by atoms with Crippen molar-refractivity contribution in [3.8, 4) is 0 Å². The van der Waals surface area contributed by atoms with E-state index in [-0.39, 0.29) is 0 Å². The Morgan fingerprint density at radius 1 is 1.19 bits per heavy atom. The average molecular weight is 216 g/mol. The van der Waals surface area contributed by atoms with Crippen molar-refractivity contribution in [3.63, 3.8) is 0 Å². The maximum Gasteiger partial charge on any atom is 0.0419 e. The van der Waals surface area contributed by atoms with Gasteiger partial charge in [0.25, 0.3) is 0 Å². The van der Waals surface area contributed by atoms with Crippen LogP contribution in [-0.2, 0) is 0 Å². The van der Waals surface area contributed by atoms with Crippen molar-refractivity contribution in [2.24, 2.45) is 5.92 Å². The van der Waals surface area contributed by atoms with E-state index in [1.165, 1.54) is 31.5 Å². The molecular weight excluding hydrogens is 196 g/mol. The molecule has 1 N–H and O–H groups in total. The van der Waals surface area contributed by atoms with Gasteiger partial charge in [0.15, 0.2) is 0 Å². The van der Waals surface area contributed by atoms with Crippen molar-refractivity contribution in [2.45, 2.75) is 31.3 Å². The summed E-state index contributed by atoms with van der Waals surface area (Å²) in [6.07, 6.45) is 4.15. The third-order valence-electron chi connectivity index (χ3n) is 4.16. The van der Waals surface area contributed by atoms with Gasteiger partial charge in [-0.15, -0.1) is 0 Å². The number of hydrogen-bond donors (Lipinski definition) is 1. The number of para-hydroxylation sites is 1. The molecule has 2 heteroatoms. The fraction of sp³-hybridized carbons (Fsp3) is 0.571. The summed E-state index contributed by atoms with van der Waals surface area (Å²) in [5.41, 5.74) is 1.27. The molecule has 2 heterocycles. The molecule has 16 heavy (non-hydrogen) atoms. The van der Waals surface area contributed by atoms with Crippen molar-refractivity contribution >= 4 is 5.69 Å². The van der Waals surface area contributed by atoms with Crippen molar-refractivity contribution in [1.29, 1.82) is 0 Å². The lowest BCUT2D eigenvalue weighted by molar-refractivity contribution is 0.0610. The molecule has 3 aliphatic rings. The van der Waals surface area contributed by atoms with Crippen LogP contribution in [0, 0.1) is 5.92 Å². The number of fused-ring (bicyclic) bond motifs is 3. The molecule has 2 bridgehead atoms. The van der Waals surface area contributed by atoms with Gasteiger partial charge in [0, 0.05) is 24.3 Å². The summed E-state index contributed by atoms with van der Waals surface area (Å²) in [6.45, 7) is 1.30. The quantitative estimate of drug-likeness (QED) is 0.817. The molecule has 3 fully saturated rings. The van der Waals surface area contributed by atoms with E-state index in [4.69, 9.17) is 0 Å². The highest BCUT2D eigenvalue weighted by atomic mass is 15.2. The van der Waals surface area contributed by atoms with Crippen molar-refractivity contribution in [1.82, 2.24) is 4.90 Å². The van der Waals surface area contributed by atoms with E-state index in [0.717, 1.165) is 12.0 Å². The summed E-state index contributed by atoms with van der Waals surface area (Å²) in [5.74, 6) is 0.913. The van der Waals surface area contributed by atoms with E-state index in [1.807, 2.05) is 0 Å². The minimum absolute atomic E-state index is 0.653. The van der Waals surface area contributed by atoms with Gasteiger partial charge in [-0.25, -0.2) is 0 Å². The van der Waals surface area contributed by atoms with Crippen molar-refractivity contribution in [3.05, 3.63) is 30.3 Å². The molecule has 0 unspecified atom stereocenters. The summed E-state index contributed by atoms with van der Waals surface area (Å²) in [5, 5.41) is 3.70. The first-order valence-electron chi connectivity index (χ1n) is 6.35. The molecule has 0 radical (unpaired) electrons. The Hall–Kier alpha value is -1.02. The topological polar surface area (TPSA) is 15.3 Å². The number of rotatable bonds is 2. The lowest BCUT2D eigenvalue weighted by Crippen LogP contribution is -2.56. The first-order chi connectivity index (χ1) is 7.83. The van der Waals surface area contributed by atoms with Gasteiger partial charge < -0.3 is 10.2 Å². The summed E-state index contributed by atoms with van der Waals surface area (Å²) >= 11 is 0. The van der Waals surface area contributed by atoms with E-state index < -0.39 is 0 Å². The molecule has 0 spiro atoms. The van der Waals surface area contributed by atoms with Gasteiger partial charge in [-0.05, 0) is 44.4 Å². The minimum Gasteiger partial charge on any atom is -0.381 e. The molecule has 2 aliphatic heterocycles. The van der Waals surface area contributed by atoms with Gasteiger partial charge in [-0.1, -0.05) is 18.2 Å². The van der Waals surface area contributed by atoms with Crippen LogP contribution in [0.25, 0.3) is 0 Å². The third kappa shape index (κ3) is 1.82. The molecular formula is C14H20N2. The van der Waals surface area contributed by atoms with Crippen LogP contribution in [0.5, 0.6) is 0 Å². The van der Waals surface area contributed by atoms with Gasteiger partial charge in [0.2, 0.25) is 0 Å². The number of benzene rings is 1. The SMILES string of the molecule is CN1C[C@@H]2CC[C@@H]1[C@H](Nc1ccccc1)C2. The summed E-state index contributed by atoms with van der Waals surface area (Å²) in [7, 11) is 2.27. The first-order valence-corrected chi connectivity index (χ1v) is 6.35. The summed E-state index contributed by atoms with van der Waals surface area (Å²) in [6, 6.07) is 12.0. The van der Waals surface area contributed by atoms with E-state index >= 15 is 0 Å². The lowest BCUT2D eigenvalue weighted by atomic mass is 9.77. The largest absolute Gasteiger partial charge is 0.381 e. The van der Waals surface area contributed by atoms with Crippen LogP contribution in [0.15, 0.2) is 30.3 Å². The fourth-order valence-electron chi connectivity index (χ4n) is 3.38. The van der Waals surface area contributed by atoms with Gasteiger partial charge >= 0.3 is 0 Å². The maximum atomic E-state index is 3.70. The van der Waals surface area contributed by atoms with Crippen LogP contribution in [0.4, 0.5) is 5.69 Å². The van der Waals surface area contributed by atoms with E-state index in [2.05, 4.69) is 47.6 Å². The summed E-state index contributed by atoms with van der Waals surface area (Å²) < 4.78 is 0. The number of nitrogens with one attached hydrogen (secondary N) is 1. The van der Waals surface area contributed by atoms with Gasteiger partial charge in [-0.3, -0.25) is 0 Å². The Balaban J connectivity index is 1.72. The van der Waals surface area contributed by atoms with Gasteiger partial charge in [0.05, 0.1) is 0 Å². The minimum atomic E-state index is 0.653. The molecule has 3 atom stereocenters. The van der Waals surface area contributed by atoms with Crippen LogP contribution in [0.2, 0.25) is 0 Å². The highest BCUT2D eigenvalue weighted by molar-refractivity contribution is 5.44. The number of piperidine rings is 2. The molecule has 1 saturated carbocycles. The third-order valence-corrected chi connectivity index (χ3v) is 4.16. The molecule has 0 amide bonds. The van der Waals surface area contributed by atoms with Gasteiger partial charge in [-0.2, -0.15) is 0 Å². The number of likely N-dealkylation sites (N-methyl/N-ethyl adjacent to an activating group) is 1. The predicted octanol–water partition coefficient (Wildman–Crippen LogP) is 2.58. The lowest BCUT2D eigenvalue weighted by Gasteiger charge is -2.49. The fourth-order valence-corrected chi connectivity index (χ4v) is 3.38. The maximum absolute atomic E-state index is 3.70. The Kier molecular flexibility index (Phi) is 2.60. The highest BCUT2D eigenvalue weighted by Gasteiger charge is 2.38. The monoisotopic (exact) mass is 216 g/mol. The second kappa shape index (κ2) is 4.10. The Morgan fingerprint density at radius 2 is 2.00 bits per heavy atom. The zero-order chi connectivity index (χ0) is 11.0.